The fraction of sp³-hybridized carbons (Fsp3) is 0.533. The number of benzene rings is 1. The van der Waals surface area contributed by atoms with Crippen LogP contribution in [0.5, 0.6) is 0 Å². The van der Waals surface area contributed by atoms with E-state index in [1.54, 1.807) is 0 Å². The molecule has 1 rings (SSSR count). The van der Waals surface area contributed by atoms with Crippen molar-refractivity contribution in [2.75, 3.05) is 19.7 Å². The molecule has 0 spiro atoms. The normalized spacial score (nSPS) is 12.7. The van der Waals surface area contributed by atoms with Gasteiger partial charge in [0, 0.05) is 22.9 Å². The molecule has 0 aliphatic carbocycles. The second kappa shape index (κ2) is 8.46. The molecule has 4 heteroatoms. The van der Waals surface area contributed by atoms with Gasteiger partial charge in [-0.25, -0.2) is 0 Å². The number of nitrogens with one attached hydrogen (secondary N) is 1. The van der Waals surface area contributed by atoms with Crippen LogP contribution in [0.3, 0.4) is 0 Å². The Bertz CT molecular complexity index is 390. The minimum Gasteiger partial charge on any atom is -0.395 e. The van der Waals surface area contributed by atoms with E-state index in [9.17, 15) is 4.79 Å². The van der Waals surface area contributed by atoms with E-state index in [4.69, 9.17) is 5.11 Å². The van der Waals surface area contributed by atoms with Crippen molar-refractivity contribution in [1.29, 1.82) is 0 Å². The molecule has 0 saturated carbocycles. The highest BCUT2D eigenvalue weighted by Crippen LogP contribution is 2.25. The van der Waals surface area contributed by atoms with Crippen LogP contribution in [0, 0.1) is 5.92 Å². The van der Waals surface area contributed by atoms with Gasteiger partial charge in [0.05, 0.1) is 6.61 Å². The SMILES string of the molecule is CC(C)C(=O)[C@H](CCNCCO)c1ccc(Br)cc1. The van der Waals surface area contributed by atoms with Crippen molar-refractivity contribution in [1.82, 2.24) is 5.32 Å². The van der Waals surface area contributed by atoms with Crippen LogP contribution < -0.4 is 5.32 Å². The topological polar surface area (TPSA) is 49.3 Å². The number of hydrogen-bond donors (Lipinski definition) is 2. The van der Waals surface area contributed by atoms with E-state index in [1.165, 1.54) is 0 Å². The lowest BCUT2D eigenvalue weighted by Crippen LogP contribution is -2.25. The summed E-state index contributed by atoms with van der Waals surface area (Å²) >= 11 is 3.41. The molecule has 1 aromatic carbocycles. The minimum atomic E-state index is -0.0701. The van der Waals surface area contributed by atoms with E-state index in [-0.39, 0.29) is 24.2 Å². The molecule has 3 nitrogen and oxygen atoms in total. The summed E-state index contributed by atoms with van der Waals surface area (Å²) in [5.74, 6) is 0.235. The monoisotopic (exact) mass is 327 g/mol. The van der Waals surface area contributed by atoms with Gasteiger partial charge in [-0.05, 0) is 30.7 Å². The molecule has 2 N–H and O–H groups in total. The number of halogens is 1. The lowest BCUT2D eigenvalue weighted by molar-refractivity contribution is -0.123. The van der Waals surface area contributed by atoms with Crippen molar-refractivity contribution in [3.8, 4) is 0 Å². The maximum atomic E-state index is 12.3. The summed E-state index contributed by atoms with van der Waals surface area (Å²) in [5, 5.41) is 11.9. The third-order valence-corrected chi connectivity index (χ3v) is 3.61. The average Bonchev–Trinajstić information content (AvgIpc) is 2.39. The molecule has 1 atom stereocenters. The first kappa shape index (κ1) is 16.3. The Labute approximate surface area is 123 Å². The molecule has 1 aromatic rings. The van der Waals surface area contributed by atoms with Gasteiger partial charge in [0.2, 0.25) is 0 Å². The van der Waals surface area contributed by atoms with Crippen molar-refractivity contribution in [3.63, 3.8) is 0 Å². The van der Waals surface area contributed by atoms with Crippen LogP contribution in [0.4, 0.5) is 0 Å². The highest BCUT2D eigenvalue weighted by molar-refractivity contribution is 9.10. The number of ketones is 1. The molecule has 0 unspecified atom stereocenters. The molecule has 0 saturated heterocycles. The molecule has 0 aromatic heterocycles. The molecule has 0 aliphatic heterocycles. The van der Waals surface area contributed by atoms with Crippen molar-refractivity contribution in [3.05, 3.63) is 34.3 Å². The Kier molecular flexibility index (Phi) is 7.28. The Hall–Kier alpha value is -0.710. The molecule has 0 aliphatic rings. The van der Waals surface area contributed by atoms with Crippen molar-refractivity contribution in [2.24, 2.45) is 5.92 Å². The number of carbonyl (C=O) groups is 1. The van der Waals surface area contributed by atoms with Gasteiger partial charge < -0.3 is 10.4 Å². The van der Waals surface area contributed by atoms with Crippen LogP contribution in [-0.4, -0.2) is 30.6 Å². The molecular weight excluding hydrogens is 306 g/mol. The summed E-state index contributed by atoms with van der Waals surface area (Å²) < 4.78 is 1.02. The Morgan fingerprint density at radius 3 is 2.42 bits per heavy atom. The van der Waals surface area contributed by atoms with Crippen LogP contribution in [0.2, 0.25) is 0 Å². The molecular formula is C15H22BrNO2. The Balaban J connectivity index is 2.74. The van der Waals surface area contributed by atoms with Crippen LogP contribution >= 0.6 is 15.9 Å². The third kappa shape index (κ3) is 5.43. The van der Waals surface area contributed by atoms with Crippen LogP contribution in [0.25, 0.3) is 0 Å². The van der Waals surface area contributed by atoms with Gasteiger partial charge in [0.1, 0.15) is 5.78 Å². The molecule has 106 valence electrons. The van der Waals surface area contributed by atoms with E-state index in [1.807, 2.05) is 38.1 Å². The summed E-state index contributed by atoms with van der Waals surface area (Å²) in [6.07, 6.45) is 0.763. The third-order valence-electron chi connectivity index (χ3n) is 3.08. The Morgan fingerprint density at radius 2 is 1.89 bits per heavy atom. The van der Waals surface area contributed by atoms with E-state index in [0.29, 0.717) is 6.54 Å². The highest BCUT2D eigenvalue weighted by atomic mass is 79.9. The van der Waals surface area contributed by atoms with E-state index >= 15 is 0 Å². The largest absolute Gasteiger partial charge is 0.395 e. The van der Waals surface area contributed by atoms with Gasteiger partial charge in [-0.2, -0.15) is 0 Å². The van der Waals surface area contributed by atoms with Crippen LogP contribution in [-0.2, 0) is 4.79 Å². The summed E-state index contributed by atoms with van der Waals surface area (Å²) in [6, 6.07) is 7.94. The van der Waals surface area contributed by atoms with E-state index < -0.39 is 0 Å². The molecule has 0 bridgehead atoms. The molecule has 19 heavy (non-hydrogen) atoms. The second-order valence-corrected chi connectivity index (χ2v) is 5.84. The average molecular weight is 328 g/mol. The zero-order chi connectivity index (χ0) is 14.3. The van der Waals surface area contributed by atoms with E-state index in [2.05, 4.69) is 21.2 Å². The number of hydrogen-bond acceptors (Lipinski definition) is 3. The Morgan fingerprint density at radius 1 is 1.26 bits per heavy atom. The van der Waals surface area contributed by atoms with Crippen LogP contribution in [0.1, 0.15) is 31.7 Å². The number of carbonyl (C=O) groups excluding carboxylic acids is 1. The number of rotatable bonds is 8. The summed E-state index contributed by atoms with van der Waals surface area (Å²) in [5.41, 5.74) is 1.06. The molecule has 0 fully saturated rings. The van der Waals surface area contributed by atoms with Gasteiger partial charge in [0.25, 0.3) is 0 Å². The fourth-order valence-corrected chi connectivity index (χ4v) is 2.29. The number of aliphatic hydroxyl groups excluding tert-OH is 1. The summed E-state index contributed by atoms with van der Waals surface area (Å²) in [6.45, 7) is 5.31. The smallest absolute Gasteiger partial charge is 0.142 e. The number of Topliss-reactive ketones (excluding diaryl/α,β-unsaturated/α-hetero) is 1. The second-order valence-electron chi connectivity index (χ2n) is 4.92. The van der Waals surface area contributed by atoms with Gasteiger partial charge in [-0.1, -0.05) is 41.9 Å². The predicted octanol–water partition coefficient (Wildman–Crippen LogP) is 2.73. The van der Waals surface area contributed by atoms with E-state index in [0.717, 1.165) is 23.0 Å². The highest BCUT2D eigenvalue weighted by Gasteiger charge is 2.22. The molecule has 0 amide bonds. The fourth-order valence-electron chi connectivity index (χ4n) is 2.02. The first-order valence-corrected chi connectivity index (χ1v) is 7.46. The first-order valence-electron chi connectivity index (χ1n) is 6.67. The van der Waals surface area contributed by atoms with Crippen LogP contribution in [0.15, 0.2) is 28.7 Å². The predicted molar refractivity (Wildman–Crippen MR) is 81.3 cm³/mol. The van der Waals surface area contributed by atoms with Gasteiger partial charge in [-0.3, -0.25) is 4.79 Å². The van der Waals surface area contributed by atoms with Gasteiger partial charge in [0.15, 0.2) is 0 Å². The maximum absolute atomic E-state index is 12.3. The van der Waals surface area contributed by atoms with Crippen molar-refractivity contribution >= 4 is 21.7 Å². The zero-order valence-corrected chi connectivity index (χ0v) is 13.1. The molecule has 0 radical (unpaired) electrons. The molecule has 0 heterocycles. The maximum Gasteiger partial charge on any atom is 0.142 e. The quantitative estimate of drug-likeness (QED) is 0.722. The summed E-state index contributed by atoms with van der Waals surface area (Å²) in [4.78, 5) is 12.3. The first-order chi connectivity index (χ1) is 9.06. The lowest BCUT2D eigenvalue weighted by atomic mass is 9.86. The van der Waals surface area contributed by atoms with Crippen molar-refractivity contribution in [2.45, 2.75) is 26.2 Å². The lowest BCUT2D eigenvalue weighted by Gasteiger charge is -2.19. The van der Waals surface area contributed by atoms with Gasteiger partial charge >= 0.3 is 0 Å². The number of aliphatic hydroxyl groups is 1. The standard InChI is InChI=1S/C15H22BrNO2/c1-11(2)15(19)14(7-8-17-9-10-18)12-3-5-13(16)6-4-12/h3-6,11,14,17-18H,7-10H2,1-2H3/t14-/m1/s1. The van der Waals surface area contributed by atoms with Gasteiger partial charge in [-0.15, -0.1) is 0 Å². The zero-order valence-electron chi connectivity index (χ0n) is 11.5. The minimum absolute atomic E-state index is 0.0338. The summed E-state index contributed by atoms with van der Waals surface area (Å²) in [7, 11) is 0. The van der Waals surface area contributed by atoms with Crippen molar-refractivity contribution < 1.29 is 9.90 Å².